The van der Waals surface area contributed by atoms with Gasteiger partial charge in [-0.2, -0.15) is 0 Å². The van der Waals surface area contributed by atoms with Crippen LogP contribution in [0.1, 0.15) is 33.6 Å². The molecule has 0 aliphatic heterocycles. The molecule has 1 saturated carbocycles. The molecule has 3 atom stereocenters. The first-order valence-corrected chi connectivity index (χ1v) is 6.06. The Balaban J connectivity index is 2.30. The standard InChI is InChI=1S/C12H17BrO/c1-11(2,13)8-6-7-12(3)9(8)4-5-10(12)14/h4-5,8-9H,6-7H2,1-3H3/t8-,9+,12-/m0/s1. The Hall–Kier alpha value is -0.110. The lowest BCUT2D eigenvalue weighted by Gasteiger charge is -2.32. The molecule has 0 unspecified atom stereocenters. The van der Waals surface area contributed by atoms with Crippen LogP contribution in [0.3, 0.4) is 0 Å². The number of carbonyl (C=O) groups excluding carboxylic acids is 1. The van der Waals surface area contributed by atoms with Crippen LogP contribution in [0.4, 0.5) is 0 Å². The van der Waals surface area contributed by atoms with Crippen LogP contribution >= 0.6 is 15.9 Å². The third-order valence-corrected chi connectivity index (χ3v) is 4.63. The van der Waals surface area contributed by atoms with Crippen molar-refractivity contribution in [1.29, 1.82) is 0 Å². The Kier molecular flexibility index (Phi) is 2.19. The highest BCUT2D eigenvalue weighted by Crippen LogP contribution is 2.56. The van der Waals surface area contributed by atoms with E-state index >= 15 is 0 Å². The number of hydrogen-bond acceptors (Lipinski definition) is 1. The lowest BCUT2D eigenvalue weighted by Crippen LogP contribution is -2.33. The van der Waals surface area contributed by atoms with Crippen LogP contribution in [0.5, 0.6) is 0 Å². The first-order chi connectivity index (χ1) is 6.36. The molecule has 0 heterocycles. The molecule has 14 heavy (non-hydrogen) atoms. The van der Waals surface area contributed by atoms with Crippen molar-refractivity contribution < 1.29 is 4.79 Å². The van der Waals surface area contributed by atoms with E-state index in [1.807, 2.05) is 0 Å². The molecule has 0 N–H and O–H groups in total. The van der Waals surface area contributed by atoms with Crippen molar-refractivity contribution in [3.63, 3.8) is 0 Å². The van der Waals surface area contributed by atoms with Gasteiger partial charge in [-0.1, -0.05) is 28.9 Å². The molecule has 0 aromatic carbocycles. The smallest absolute Gasteiger partial charge is 0.161 e. The van der Waals surface area contributed by atoms with Gasteiger partial charge in [0.05, 0.1) is 0 Å². The fourth-order valence-corrected chi connectivity index (χ4v) is 3.54. The maximum atomic E-state index is 11.7. The second-order valence-electron chi connectivity index (χ2n) is 5.38. The quantitative estimate of drug-likeness (QED) is 0.658. The van der Waals surface area contributed by atoms with Gasteiger partial charge in [-0.3, -0.25) is 4.79 Å². The van der Waals surface area contributed by atoms with Gasteiger partial charge in [0.25, 0.3) is 0 Å². The Labute approximate surface area is 94.1 Å². The van der Waals surface area contributed by atoms with E-state index < -0.39 is 0 Å². The SMILES string of the molecule is CC(C)(Br)[C@H]1CC[C@]2(C)C(=O)C=C[C@H]12. The fraction of sp³-hybridized carbons (Fsp3) is 0.750. The van der Waals surface area contributed by atoms with Gasteiger partial charge in [-0.25, -0.2) is 0 Å². The van der Waals surface area contributed by atoms with E-state index in [9.17, 15) is 4.79 Å². The monoisotopic (exact) mass is 256 g/mol. The Morgan fingerprint density at radius 2 is 2.21 bits per heavy atom. The Morgan fingerprint density at radius 3 is 2.79 bits per heavy atom. The van der Waals surface area contributed by atoms with E-state index in [1.165, 1.54) is 0 Å². The maximum Gasteiger partial charge on any atom is 0.161 e. The minimum absolute atomic E-state index is 0.0876. The van der Waals surface area contributed by atoms with Crippen molar-refractivity contribution in [2.24, 2.45) is 17.3 Å². The fourth-order valence-electron chi connectivity index (χ4n) is 3.03. The topological polar surface area (TPSA) is 17.1 Å². The summed E-state index contributed by atoms with van der Waals surface area (Å²) in [6.45, 7) is 6.54. The normalized spacial score (nSPS) is 41.9. The van der Waals surface area contributed by atoms with Crippen molar-refractivity contribution in [3.05, 3.63) is 12.2 Å². The lowest BCUT2D eigenvalue weighted by molar-refractivity contribution is -0.123. The molecule has 0 bridgehead atoms. The summed E-state index contributed by atoms with van der Waals surface area (Å²) in [5.41, 5.74) is -0.0876. The third-order valence-electron chi connectivity index (χ3n) is 4.04. The number of hydrogen-bond donors (Lipinski definition) is 0. The summed E-state index contributed by atoms with van der Waals surface area (Å²) in [6, 6.07) is 0. The van der Waals surface area contributed by atoms with Gasteiger partial charge < -0.3 is 0 Å². The largest absolute Gasteiger partial charge is 0.294 e. The summed E-state index contributed by atoms with van der Waals surface area (Å²) < 4.78 is 0.143. The van der Waals surface area contributed by atoms with Gasteiger partial charge in [-0.15, -0.1) is 0 Å². The average Bonchev–Trinajstić information content (AvgIpc) is 2.49. The first kappa shape index (κ1) is 10.4. The molecule has 0 amide bonds. The molecule has 2 aliphatic rings. The van der Waals surface area contributed by atoms with Crippen molar-refractivity contribution in [1.82, 2.24) is 0 Å². The number of ketones is 1. The molecule has 78 valence electrons. The van der Waals surface area contributed by atoms with E-state index in [4.69, 9.17) is 0 Å². The molecular weight excluding hydrogens is 240 g/mol. The summed E-state index contributed by atoms with van der Waals surface area (Å²) >= 11 is 3.74. The highest BCUT2D eigenvalue weighted by atomic mass is 79.9. The van der Waals surface area contributed by atoms with Gasteiger partial charge in [-0.05, 0) is 44.6 Å². The van der Waals surface area contributed by atoms with Crippen molar-refractivity contribution >= 4 is 21.7 Å². The first-order valence-electron chi connectivity index (χ1n) is 5.27. The van der Waals surface area contributed by atoms with E-state index in [1.54, 1.807) is 6.08 Å². The number of fused-ring (bicyclic) bond motifs is 1. The third kappa shape index (κ3) is 1.30. The predicted octanol–water partition coefficient (Wildman–Crippen LogP) is 3.33. The Morgan fingerprint density at radius 1 is 1.57 bits per heavy atom. The summed E-state index contributed by atoms with van der Waals surface area (Å²) in [4.78, 5) is 11.7. The average molecular weight is 257 g/mol. The molecule has 0 aromatic heterocycles. The predicted molar refractivity (Wildman–Crippen MR) is 61.5 cm³/mol. The maximum absolute atomic E-state index is 11.7. The van der Waals surface area contributed by atoms with Crippen LogP contribution in [-0.4, -0.2) is 10.1 Å². The number of carbonyl (C=O) groups is 1. The second-order valence-corrected chi connectivity index (χ2v) is 7.42. The van der Waals surface area contributed by atoms with Crippen molar-refractivity contribution in [2.45, 2.75) is 37.9 Å². The zero-order chi connectivity index (χ0) is 10.6. The zero-order valence-corrected chi connectivity index (χ0v) is 10.6. The number of rotatable bonds is 1. The number of alkyl halides is 1. The molecule has 1 fully saturated rings. The highest BCUT2D eigenvalue weighted by molar-refractivity contribution is 9.10. The van der Waals surface area contributed by atoms with Crippen LogP contribution in [0.2, 0.25) is 0 Å². The van der Waals surface area contributed by atoms with E-state index in [0.717, 1.165) is 12.8 Å². The van der Waals surface area contributed by atoms with Crippen LogP contribution < -0.4 is 0 Å². The van der Waals surface area contributed by atoms with Crippen LogP contribution in [0.25, 0.3) is 0 Å². The van der Waals surface area contributed by atoms with Crippen molar-refractivity contribution in [3.8, 4) is 0 Å². The molecular formula is C12H17BrO. The molecule has 0 aromatic rings. The molecule has 0 saturated heterocycles. The van der Waals surface area contributed by atoms with Gasteiger partial charge in [0.15, 0.2) is 5.78 Å². The second kappa shape index (κ2) is 2.94. The number of halogens is 1. The van der Waals surface area contributed by atoms with Crippen LogP contribution in [0.15, 0.2) is 12.2 Å². The van der Waals surface area contributed by atoms with E-state index in [2.05, 4.69) is 42.8 Å². The van der Waals surface area contributed by atoms with Crippen LogP contribution in [0, 0.1) is 17.3 Å². The van der Waals surface area contributed by atoms with Gasteiger partial charge in [0, 0.05) is 9.74 Å². The minimum atomic E-state index is -0.0876. The van der Waals surface area contributed by atoms with Crippen molar-refractivity contribution in [2.75, 3.05) is 0 Å². The van der Waals surface area contributed by atoms with E-state index in [-0.39, 0.29) is 9.74 Å². The summed E-state index contributed by atoms with van der Waals surface area (Å²) in [5, 5.41) is 0. The summed E-state index contributed by atoms with van der Waals surface area (Å²) in [6.07, 6.45) is 6.12. The minimum Gasteiger partial charge on any atom is -0.294 e. The van der Waals surface area contributed by atoms with Gasteiger partial charge >= 0.3 is 0 Å². The number of allylic oxidation sites excluding steroid dienone is 2. The lowest BCUT2D eigenvalue weighted by atomic mass is 9.76. The van der Waals surface area contributed by atoms with Gasteiger partial charge in [0.2, 0.25) is 0 Å². The zero-order valence-electron chi connectivity index (χ0n) is 9.01. The molecule has 1 nitrogen and oxygen atoms in total. The molecule has 0 radical (unpaired) electrons. The summed E-state index contributed by atoms with van der Waals surface area (Å²) in [7, 11) is 0. The van der Waals surface area contributed by atoms with Crippen LogP contribution in [-0.2, 0) is 4.79 Å². The molecule has 2 rings (SSSR count). The Bertz CT molecular complexity index is 300. The summed E-state index contributed by atoms with van der Waals surface area (Å²) in [5.74, 6) is 1.38. The molecule has 2 heteroatoms. The molecule has 2 aliphatic carbocycles. The van der Waals surface area contributed by atoms with Gasteiger partial charge in [0.1, 0.15) is 0 Å². The van der Waals surface area contributed by atoms with E-state index in [0.29, 0.717) is 17.6 Å². The highest BCUT2D eigenvalue weighted by Gasteiger charge is 2.53. The molecule has 0 spiro atoms.